The topological polar surface area (TPSA) is 80.7 Å². The lowest BCUT2D eigenvalue weighted by Gasteiger charge is -2.06. The molecule has 5 nitrogen and oxygen atoms in total. The Balaban J connectivity index is 3.67. The zero-order valence-corrected chi connectivity index (χ0v) is 9.71. The first-order chi connectivity index (χ1) is 6.91. The molecule has 1 unspecified atom stereocenters. The Morgan fingerprint density at radius 2 is 2.00 bits per heavy atom. The summed E-state index contributed by atoms with van der Waals surface area (Å²) in [5, 5.41) is 8.32. The van der Waals surface area contributed by atoms with E-state index in [2.05, 4.69) is 0 Å². The van der Waals surface area contributed by atoms with Crippen LogP contribution < -0.4 is 0 Å². The standard InChI is InChI=1S/C9H16O5S/c1-7(2)5-14-9(12)6-15(13)4-3-8(10)11/h7H,3-6H2,1-2H3,(H,10,11). The van der Waals surface area contributed by atoms with Crippen molar-refractivity contribution in [3.05, 3.63) is 0 Å². The summed E-state index contributed by atoms with van der Waals surface area (Å²) < 4.78 is 16.0. The van der Waals surface area contributed by atoms with Crippen LogP contribution in [0.15, 0.2) is 0 Å². The lowest BCUT2D eigenvalue weighted by molar-refractivity contribution is -0.141. The number of aliphatic carboxylic acids is 1. The number of hydrogen-bond donors (Lipinski definition) is 1. The maximum absolute atomic E-state index is 11.1. The maximum atomic E-state index is 11.1. The van der Waals surface area contributed by atoms with Crippen LogP contribution in [0.25, 0.3) is 0 Å². The van der Waals surface area contributed by atoms with Crippen LogP contribution >= 0.6 is 0 Å². The lowest BCUT2D eigenvalue weighted by Crippen LogP contribution is -2.19. The van der Waals surface area contributed by atoms with Gasteiger partial charge in [-0.15, -0.1) is 0 Å². The largest absolute Gasteiger partial charge is 0.481 e. The van der Waals surface area contributed by atoms with Crippen LogP contribution in [0.4, 0.5) is 0 Å². The minimum absolute atomic E-state index is 0.00783. The highest BCUT2D eigenvalue weighted by Crippen LogP contribution is 1.95. The molecule has 0 aliphatic rings. The molecular weight excluding hydrogens is 220 g/mol. The summed E-state index contributed by atoms with van der Waals surface area (Å²) in [6.45, 7) is 4.10. The summed E-state index contributed by atoms with van der Waals surface area (Å²) in [6.07, 6.45) is -0.190. The van der Waals surface area contributed by atoms with E-state index in [9.17, 15) is 13.8 Å². The van der Waals surface area contributed by atoms with E-state index in [1.165, 1.54) is 0 Å². The van der Waals surface area contributed by atoms with E-state index in [-0.39, 0.29) is 23.8 Å². The quantitative estimate of drug-likeness (QED) is 0.647. The van der Waals surface area contributed by atoms with Crippen LogP contribution in [0.1, 0.15) is 20.3 Å². The molecular formula is C9H16O5S. The highest BCUT2D eigenvalue weighted by molar-refractivity contribution is 7.85. The number of esters is 1. The summed E-state index contributed by atoms with van der Waals surface area (Å²) in [7, 11) is -1.44. The molecule has 0 radical (unpaired) electrons. The first-order valence-electron chi connectivity index (χ1n) is 4.64. The number of ether oxygens (including phenoxy) is 1. The van der Waals surface area contributed by atoms with Crippen molar-refractivity contribution in [2.75, 3.05) is 18.1 Å². The zero-order chi connectivity index (χ0) is 11.8. The molecule has 0 rings (SSSR count). The number of carbonyl (C=O) groups excluding carboxylic acids is 1. The molecule has 0 aromatic heterocycles. The summed E-state index contributed by atoms with van der Waals surface area (Å²) in [5.74, 6) is -1.54. The van der Waals surface area contributed by atoms with E-state index in [0.29, 0.717) is 6.61 Å². The van der Waals surface area contributed by atoms with Crippen LogP contribution in [0.2, 0.25) is 0 Å². The molecule has 0 fully saturated rings. The van der Waals surface area contributed by atoms with Gasteiger partial charge >= 0.3 is 11.9 Å². The molecule has 0 spiro atoms. The number of rotatable bonds is 7. The van der Waals surface area contributed by atoms with Gasteiger partial charge in [-0.2, -0.15) is 0 Å². The van der Waals surface area contributed by atoms with Crippen molar-refractivity contribution in [2.24, 2.45) is 5.92 Å². The van der Waals surface area contributed by atoms with Crippen molar-refractivity contribution < 1.29 is 23.6 Å². The average molecular weight is 236 g/mol. The van der Waals surface area contributed by atoms with Crippen LogP contribution in [0, 0.1) is 5.92 Å². The molecule has 1 atom stereocenters. The van der Waals surface area contributed by atoms with Gasteiger partial charge in [-0.3, -0.25) is 13.8 Å². The molecule has 0 amide bonds. The van der Waals surface area contributed by atoms with Gasteiger partial charge in [0.1, 0.15) is 5.75 Å². The van der Waals surface area contributed by atoms with Crippen molar-refractivity contribution in [3.63, 3.8) is 0 Å². The third-order valence-electron chi connectivity index (χ3n) is 1.40. The van der Waals surface area contributed by atoms with Crippen LogP contribution in [-0.4, -0.2) is 39.4 Å². The molecule has 0 aliphatic carbocycles. The molecule has 0 aromatic rings. The van der Waals surface area contributed by atoms with E-state index >= 15 is 0 Å². The van der Waals surface area contributed by atoms with E-state index in [0.717, 1.165) is 0 Å². The van der Waals surface area contributed by atoms with Gasteiger partial charge in [0, 0.05) is 16.6 Å². The molecule has 0 heterocycles. The predicted octanol–water partition coefficient (Wildman–Crippen LogP) is 0.409. The molecule has 6 heteroatoms. The van der Waals surface area contributed by atoms with Gasteiger partial charge in [-0.05, 0) is 5.92 Å². The molecule has 15 heavy (non-hydrogen) atoms. The third kappa shape index (κ3) is 9.40. The van der Waals surface area contributed by atoms with Gasteiger partial charge in [-0.25, -0.2) is 0 Å². The minimum atomic E-state index is -1.44. The van der Waals surface area contributed by atoms with Gasteiger partial charge in [0.25, 0.3) is 0 Å². The second-order valence-electron chi connectivity index (χ2n) is 3.51. The van der Waals surface area contributed by atoms with Gasteiger partial charge in [-0.1, -0.05) is 13.8 Å². The van der Waals surface area contributed by atoms with Crippen molar-refractivity contribution in [1.82, 2.24) is 0 Å². The first kappa shape index (κ1) is 14.1. The zero-order valence-electron chi connectivity index (χ0n) is 8.89. The Bertz CT molecular complexity index is 249. The Hall–Kier alpha value is -0.910. The second kappa shape index (κ2) is 7.39. The first-order valence-corrected chi connectivity index (χ1v) is 6.13. The molecule has 0 aromatic carbocycles. The van der Waals surface area contributed by atoms with E-state index < -0.39 is 22.7 Å². The van der Waals surface area contributed by atoms with Gasteiger partial charge in [0.15, 0.2) is 0 Å². The average Bonchev–Trinajstić information content (AvgIpc) is 2.11. The van der Waals surface area contributed by atoms with E-state index in [1.54, 1.807) is 0 Å². The second-order valence-corrected chi connectivity index (χ2v) is 5.09. The van der Waals surface area contributed by atoms with Crippen molar-refractivity contribution in [3.8, 4) is 0 Å². The fraction of sp³-hybridized carbons (Fsp3) is 0.778. The molecule has 88 valence electrons. The van der Waals surface area contributed by atoms with E-state index in [4.69, 9.17) is 9.84 Å². The molecule has 0 saturated heterocycles. The van der Waals surface area contributed by atoms with E-state index in [1.807, 2.05) is 13.8 Å². The predicted molar refractivity (Wildman–Crippen MR) is 55.9 cm³/mol. The summed E-state index contributed by atoms with van der Waals surface area (Å²) >= 11 is 0. The van der Waals surface area contributed by atoms with Crippen LogP contribution in [0.3, 0.4) is 0 Å². The maximum Gasteiger partial charge on any atom is 0.318 e. The highest BCUT2D eigenvalue weighted by Gasteiger charge is 2.11. The minimum Gasteiger partial charge on any atom is -0.481 e. The van der Waals surface area contributed by atoms with Gasteiger partial charge in [0.05, 0.1) is 13.0 Å². The third-order valence-corrected chi connectivity index (χ3v) is 2.62. The van der Waals surface area contributed by atoms with Gasteiger partial charge < -0.3 is 9.84 Å². The fourth-order valence-corrected chi connectivity index (χ4v) is 1.60. The Morgan fingerprint density at radius 3 is 2.47 bits per heavy atom. The Kier molecular flexibility index (Phi) is 6.94. The molecule has 0 saturated carbocycles. The highest BCUT2D eigenvalue weighted by atomic mass is 32.2. The molecule has 1 N–H and O–H groups in total. The fourth-order valence-electron chi connectivity index (χ4n) is 0.706. The van der Waals surface area contributed by atoms with Crippen molar-refractivity contribution in [1.29, 1.82) is 0 Å². The summed E-state index contributed by atoms with van der Waals surface area (Å²) in [6, 6.07) is 0. The summed E-state index contributed by atoms with van der Waals surface area (Å²) in [5.41, 5.74) is 0. The van der Waals surface area contributed by atoms with Gasteiger partial charge in [0.2, 0.25) is 0 Å². The van der Waals surface area contributed by atoms with Crippen molar-refractivity contribution in [2.45, 2.75) is 20.3 Å². The van der Waals surface area contributed by atoms with Crippen molar-refractivity contribution >= 4 is 22.7 Å². The lowest BCUT2D eigenvalue weighted by atomic mass is 10.2. The summed E-state index contributed by atoms with van der Waals surface area (Å²) in [4.78, 5) is 21.2. The van der Waals surface area contributed by atoms with Crippen LogP contribution in [0.5, 0.6) is 0 Å². The Morgan fingerprint density at radius 1 is 1.40 bits per heavy atom. The SMILES string of the molecule is CC(C)COC(=O)CS(=O)CCC(=O)O. The number of carboxylic acids is 1. The Labute approximate surface area is 91.3 Å². The molecule has 0 aliphatic heterocycles. The number of carbonyl (C=O) groups is 2. The normalized spacial score (nSPS) is 12.5. The number of hydrogen-bond acceptors (Lipinski definition) is 4. The number of carboxylic acid groups (broad SMARTS) is 1. The smallest absolute Gasteiger partial charge is 0.318 e. The molecule has 0 bridgehead atoms. The monoisotopic (exact) mass is 236 g/mol. The van der Waals surface area contributed by atoms with Crippen LogP contribution in [-0.2, 0) is 25.1 Å².